The molecule has 0 radical (unpaired) electrons. The molecule has 56 valence electrons. The first-order chi connectivity index (χ1) is 4.70. The lowest BCUT2D eigenvalue weighted by molar-refractivity contribution is -0.113. The first kappa shape index (κ1) is 7.80. The Morgan fingerprint density at radius 3 is 2.90 bits per heavy atom. The Balaban J connectivity index is 2.56. The summed E-state index contributed by atoms with van der Waals surface area (Å²) in [5.41, 5.74) is 0.955. The van der Waals surface area contributed by atoms with E-state index in [9.17, 15) is 4.79 Å². The number of hydrogen-bond donors (Lipinski definition) is 0. The van der Waals surface area contributed by atoms with Gasteiger partial charge in [-0.05, 0) is 31.8 Å². The van der Waals surface area contributed by atoms with E-state index in [0.717, 1.165) is 24.8 Å². The normalized spacial score (nSPS) is 25.8. The molecule has 1 atom stereocenters. The molecule has 0 aromatic carbocycles. The molecule has 0 amide bonds. The van der Waals surface area contributed by atoms with Gasteiger partial charge < -0.3 is 0 Å². The highest BCUT2D eigenvalue weighted by atomic mass is 35.5. The topological polar surface area (TPSA) is 17.1 Å². The van der Waals surface area contributed by atoms with Crippen LogP contribution in [-0.4, -0.2) is 11.2 Å². The molecule has 2 heteroatoms. The smallest absolute Gasteiger partial charge is 0.155 e. The van der Waals surface area contributed by atoms with Gasteiger partial charge in [0.1, 0.15) is 0 Å². The molecule has 0 bridgehead atoms. The lowest BCUT2D eigenvalue weighted by Crippen LogP contribution is -2.08. The molecule has 1 aliphatic carbocycles. The van der Waals surface area contributed by atoms with Gasteiger partial charge >= 0.3 is 0 Å². The average Bonchev–Trinajstić information content (AvgIpc) is 1.88. The van der Waals surface area contributed by atoms with E-state index < -0.39 is 0 Å². The molecule has 1 aliphatic rings. The van der Waals surface area contributed by atoms with Gasteiger partial charge in [-0.3, -0.25) is 4.79 Å². The van der Waals surface area contributed by atoms with Gasteiger partial charge in [0, 0.05) is 5.38 Å². The molecular formula is C8H11ClO. The fourth-order valence-electron chi connectivity index (χ4n) is 1.12. The highest BCUT2D eigenvalue weighted by Gasteiger charge is 2.13. The van der Waals surface area contributed by atoms with Gasteiger partial charge in [-0.25, -0.2) is 0 Å². The van der Waals surface area contributed by atoms with Crippen molar-refractivity contribution in [3.63, 3.8) is 0 Å². The predicted octanol–water partition coefficient (Wildman–Crippen LogP) is 2.29. The third kappa shape index (κ3) is 1.84. The van der Waals surface area contributed by atoms with Crippen LogP contribution in [0.3, 0.4) is 0 Å². The van der Waals surface area contributed by atoms with Gasteiger partial charge in [0.05, 0.1) is 0 Å². The SMILES string of the molecule is CC(=O)C1=CCC(Cl)CC1. The van der Waals surface area contributed by atoms with E-state index in [4.69, 9.17) is 11.6 Å². The number of halogens is 1. The van der Waals surface area contributed by atoms with E-state index in [1.165, 1.54) is 0 Å². The Labute approximate surface area is 66.1 Å². The van der Waals surface area contributed by atoms with E-state index in [2.05, 4.69) is 0 Å². The summed E-state index contributed by atoms with van der Waals surface area (Å²) in [5.74, 6) is 0.198. The Morgan fingerprint density at radius 1 is 1.80 bits per heavy atom. The highest BCUT2D eigenvalue weighted by Crippen LogP contribution is 2.22. The maximum Gasteiger partial charge on any atom is 0.155 e. The summed E-state index contributed by atoms with van der Waals surface area (Å²) in [6, 6.07) is 0. The number of allylic oxidation sites excluding steroid dienone is 2. The molecule has 0 aromatic rings. The van der Waals surface area contributed by atoms with Crippen molar-refractivity contribution in [2.24, 2.45) is 0 Å². The Morgan fingerprint density at radius 2 is 2.50 bits per heavy atom. The van der Waals surface area contributed by atoms with Gasteiger partial charge in [0.2, 0.25) is 0 Å². The van der Waals surface area contributed by atoms with E-state index in [1.54, 1.807) is 6.92 Å². The van der Waals surface area contributed by atoms with Gasteiger partial charge in [-0.1, -0.05) is 6.08 Å². The minimum atomic E-state index is 0.198. The summed E-state index contributed by atoms with van der Waals surface area (Å²) in [6.45, 7) is 1.61. The molecule has 0 spiro atoms. The fraction of sp³-hybridized carbons (Fsp3) is 0.625. The lowest BCUT2D eigenvalue weighted by atomic mass is 9.97. The molecule has 0 aromatic heterocycles. The van der Waals surface area contributed by atoms with Crippen molar-refractivity contribution in [1.29, 1.82) is 0 Å². The zero-order valence-corrected chi connectivity index (χ0v) is 6.82. The second kappa shape index (κ2) is 3.20. The molecule has 0 saturated carbocycles. The Bertz CT molecular complexity index is 172. The monoisotopic (exact) mass is 158 g/mol. The molecule has 1 nitrogen and oxygen atoms in total. The van der Waals surface area contributed by atoms with E-state index in [0.29, 0.717) is 0 Å². The summed E-state index contributed by atoms with van der Waals surface area (Å²) in [4.78, 5) is 10.8. The van der Waals surface area contributed by atoms with Crippen molar-refractivity contribution in [3.05, 3.63) is 11.6 Å². The van der Waals surface area contributed by atoms with Crippen LogP contribution in [-0.2, 0) is 4.79 Å². The molecule has 1 rings (SSSR count). The molecule has 0 heterocycles. The zero-order valence-electron chi connectivity index (χ0n) is 6.06. The van der Waals surface area contributed by atoms with Crippen LogP contribution in [0.4, 0.5) is 0 Å². The molecule has 0 saturated heterocycles. The fourth-order valence-corrected chi connectivity index (χ4v) is 1.32. The van der Waals surface area contributed by atoms with Gasteiger partial charge in [-0.2, -0.15) is 0 Å². The summed E-state index contributed by atoms with van der Waals surface area (Å²) >= 11 is 5.83. The van der Waals surface area contributed by atoms with Gasteiger partial charge in [0.15, 0.2) is 5.78 Å². The van der Waals surface area contributed by atoms with Crippen LogP contribution in [0.2, 0.25) is 0 Å². The van der Waals surface area contributed by atoms with Crippen molar-refractivity contribution in [1.82, 2.24) is 0 Å². The van der Waals surface area contributed by atoms with Crippen LogP contribution in [0.1, 0.15) is 26.2 Å². The average molecular weight is 159 g/mol. The van der Waals surface area contributed by atoms with Crippen molar-refractivity contribution >= 4 is 17.4 Å². The number of carbonyl (C=O) groups excluding carboxylic acids is 1. The number of ketones is 1. The van der Waals surface area contributed by atoms with Crippen LogP contribution in [0, 0.1) is 0 Å². The van der Waals surface area contributed by atoms with Crippen molar-refractivity contribution in [2.45, 2.75) is 31.6 Å². The van der Waals surface area contributed by atoms with Crippen molar-refractivity contribution < 1.29 is 4.79 Å². The van der Waals surface area contributed by atoms with Gasteiger partial charge in [-0.15, -0.1) is 11.6 Å². The van der Waals surface area contributed by atoms with Crippen LogP contribution in [0.5, 0.6) is 0 Å². The van der Waals surface area contributed by atoms with Crippen LogP contribution < -0.4 is 0 Å². The summed E-state index contributed by atoms with van der Waals surface area (Å²) < 4.78 is 0. The summed E-state index contributed by atoms with van der Waals surface area (Å²) in [7, 11) is 0. The first-order valence-corrected chi connectivity index (χ1v) is 3.98. The third-order valence-corrected chi connectivity index (χ3v) is 2.20. The van der Waals surface area contributed by atoms with E-state index in [-0.39, 0.29) is 11.2 Å². The summed E-state index contributed by atoms with van der Waals surface area (Å²) in [6.07, 6.45) is 4.64. The quantitative estimate of drug-likeness (QED) is 0.536. The van der Waals surface area contributed by atoms with Crippen LogP contribution in [0.25, 0.3) is 0 Å². The standard InChI is InChI=1S/C8H11ClO/c1-6(10)7-2-4-8(9)5-3-7/h2,8H,3-5H2,1H3. The van der Waals surface area contributed by atoms with Crippen LogP contribution >= 0.6 is 11.6 Å². The van der Waals surface area contributed by atoms with E-state index in [1.807, 2.05) is 6.08 Å². The molecule has 0 N–H and O–H groups in total. The largest absolute Gasteiger partial charge is 0.295 e. The second-order valence-electron chi connectivity index (χ2n) is 2.66. The molecule has 0 fully saturated rings. The number of alkyl halides is 1. The first-order valence-electron chi connectivity index (χ1n) is 3.54. The van der Waals surface area contributed by atoms with Crippen LogP contribution in [0.15, 0.2) is 11.6 Å². The second-order valence-corrected chi connectivity index (χ2v) is 3.27. The minimum absolute atomic E-state index is 0.198. The molecule has 1 unspecified atom stereocenters. The Hall–Kier alpha value is -0.300. The number of rotatable bonds is 1. The van der Waals surface area contributed by atoms with E-state index >= 15 is 0 Å². The van der Waals surface area contributed by atoms with Crippen molar-refractivity contribution in [2.75, 3.05) is 0 Å². The predicted molar refractivity (Wildman–Crippen MR) is 42.3 cm³/mol. The summed E-state index contributed by atoms with van der Waals surface area (Å²) in [5, 5.41) is 0.253. The third-order valence-electron chi connectivity index (χ3n) is 1.80. The Kier molecular flexibility index (Phi) is 2.50. The molecule has 0 aliphatic heterocycles. The number of Topliss-reactive ketones (excluding diaryl/α,β-unsaturated/α-hetero) is 1. The van der Waals surface area contributed by atoms with Crippen molar-refractivity contribution in [3.8, 4) is 0 Å². The minimum Gasteiger partial charge on any atom is -0.295 e. The number of carbonyl (C=O) groups is 1. The zero-order chi connectivity index (χ0) is 7.56. The lowest BCUT2D eigenvalue weighted by Gasteiger charge is -2.13. The van der Waals surface area contributed by atoms with Gasteiger partial charge in [0.25, 0.3) is 0 Å². The maximum atomic E-state index is 10.8. The molecular weight excluding hydrogens is 148 g/mol. The number of hydrogen-bond acceptors (Lipinski definition) is 1. The maximum absolute atomic E-state index is 10.8. The highest BCUT2D eigenvalue weighted by molar-refractivity contribution is 6.20. The molecule has 10 heavy (non-hydrogen) atoms.